The largest absolute Gasteiger partial charge is 0.493 e. The summed E-state index contributed by atoms with van der Waals surface area (Å²) in [5.74, 6) is 1.53. The van der Waals surface area contributed by atoms with Crippen LogP contribution in [0, 0.1) is 3.95 Å². The molecule has 1 aromatic carbocycles. The molecule has 0 radical (unpaired) electrons. The van der Waals surface area contributed by atoms with Gasteiger partial charge < -0.3 is 9.47 Å². The predicted octanol–water partition coefficient (Wildman–Crippen LogP) is 3.69. The van der Waals surface area contributed by atoms with E-state index in [1.54, 1.807) is 18.9 Å². The molecule has 0 bridgehead atoms. The predicted molar refractivity (Wildman–Crippen MR) is 113 cm³/mol. The van der Waals surface area contributed by atoms with Crippen LogP contribution in [-0.4, -0.2) is 47.9 Å². The highest BCUT2D eigenvalue weighted by atomic mass is 32.1. The molecular formula is C19H26N4O3S2. The van der Waals surface area contributed by atoms with Gasteiger partial charge in [-0.3, -0.25) is 14.6 Å². The smallest absolute Gasteiger partial charge is 0.228 e. The third-order valence-electron chi connectivity index (χ3n) is 4.56. The number of methoxy groups -OCH3 is 2. The molecule has 0 saturated heterocycles. The third kappa shape index (κ3) is 4.71. The Morgan fingerprint density at radius 2 is 2.04 bits per heavy atom. The van der Waals surface area contributed by atoms with Crippen LogP contribution in [0.1, 0.15) is 31.7 Å². The molecule has 1 amide bonds. The minimum absolute atomic E-state index is 0.108. The standard InChI is InChI=1S/C19H26N4O3S2/c1-5-17(24)23(14-7-8-14)18-20-22(19(27)28-18)12-21(2)11-13-6-9-15(25-3)16(10-13)26-4/h6,9-10,14H,5,7-8,11-12H2,1-4H3. The molecule has 1 aliphatic rings. The maximum absolute atomic E-state index is 12.3. The molecule has 1 fully saturated rings. The number of ether oxygens (including phenoxy) is 2. The summed E-state index contributed by atoms with van der Waals surface area (Å²) in [5, 5.41) is 5.34. The highest BCUT2D eigenvalue weighted by molar-refractivity contribution is 7.73. The Hall–Kier alpha value is -1.97. The molecule has 1 aromatic heterocycles. The molecule has 0 spiro atoms. The second-order valence-corrected chi connectivity index (χ2v) is 8.44. The van der Waals surface area contributed by atoms with Crippen molar-refractivity contribution in [2.75, 3.05) is 26.2 Å². The number of hydrogen-bond donors (Lipinski definition) is 0. The molecule has 0 unspecified atom stereocenters. The van der Waals surface area contributed by atoms with Crippen molar-refractivity contribution in [3.05, 3.63) is 27.7 Å². The number of carbonyl (C=O) groups excluding carboxylic acids is 1. The third-order valence-corrected chi connectivity index (χ3v) is 5.87. The zero-order chi connectivity index (χ0) is 20.3. The zero-order valence-corrected chi connectivity index (χ0v) is 18.3. The Kier molecular flexibility index (Phi) is 6.69. The number of benzene rings is 1. The zero-order valence-electron chi connectivity index (χ0n) is 16.7. The lowest BCUT2D eigenvalue weighted by molar-refractivity contribution is -0.118. The molecule has 2 aromatic rings. The fraction of sp³-hybridized carbons (Fsp3) is 0.526. The summed E-state index contributed by atoms with van der Waals surface area (Å²) in [4.78, 5) is 16.2. The van der Waals surface area contributed by atoms with Crippen LogP contribution in [0.5, 0.6) is 11.5 Å². The van der Waals surface area contributed by atoms with Crippen LogP contribution < -0.4 is 14.4 Å². The lowest BCUT2D eigenvalue weighted by atomic mass is 10.2. The molecular weight excluding hydrogens is 396 g/mol. The summed E-state index contributed by atoms with van der Waals surface area (Å²) >= 11 is 6.90. The normalized spacial score (nSPS) is 13.6. The lowest BCUT2D eigenvalue weighted by Gasteiger charge is -2.19. The first kappa shape index (κ1) is 20.8. The first-order valence-corrected chi connectivity index (χ1v) is 10.5. The molecule has 3 rings (SSSR count). The first-order chi connectivity index (χ1) is 13.5. The monoisotopic (exact) mass is 422 g/mol. The van der Waals surface area contributed by atoms with Gasteiger partial charge in [-0.1, -0.05) is 24.3 Å². The van der Waals surface area contributed by atoms with Crippen molar-refractivity contribution < 1.29 is 14.3 Å². The van der Waals surface area contributed by atoms with Crippen LogP contribution in [-0.2, 0) is 18.0 Å². The molecule has 1 saturated carbocycles. The number of nitrogens with zero attached hydrogens (tertiary/aromatic N) is 4. The van der Waals surface area contributed by atoms with Gasteiger partial charge in [0.25, 0.3) is 0 Å². The van der Waals surface area contributed by atoms with Crippen LogP contribution in [0.3, 0.4) is 0 Å². The average Bonchev–Trinajstić information content (AvgIpc) is 3.45. The highest BCUT2D eigenvalue weighted by Gasteiger charge is 2.35. The molecule has 0 aliphatic heterocycles. The van der Waals surface area contributed by atoms with Gasteiger partial charge in [0.15, 0.2) is 15.5 Å². The van der Waals surface area contributed by atoms with E-state index < -0.39 is 0 Å². The summed E-state index contributed by atoms with van der Waals surface area (Å²) < 4.78 is 13.1. The van der Waals surface area contributed by atoms with Gasteiger partial charge >= 0.3 is 0 Å². The van der Waals surface area contributed by atoms with Crippen molar-refractivity contribution in [1.82, 2.24) is 14.7 Å². The molecule has 28 heavy (non-hydrogen) atoms. The fourth-order valence-electron chi connectivity index (χ4n) is 3.02. The SMILES string of the molecule is CCC(=O)N(c1nn(CN(C)Cc2ccc(OC)c(OC)c2)c(=S)s1)C1CC1. The van der Waals surface area contributed by atoms with Crippen molar-refractivity contribution in [1.29, 1.82) is 0 Å². The van der Waals surface area contributed by atoms with Gasteiger partial charge in [0.05, 0.1) is 20.9 Å². The van der Waals surface area contributed by atoms with Crippen molar-refractivity contribution in [3.63, 3.8) is 0 Å². The molecule has 7 nitrogen and oxygen atoms in total. The Morgan fingerprint density at radius 3 is 2.64 bits per heavy atom. The van der Waals surface area contributed by atoms with Gasteiger partial charge in [-0.15, -0.1) is 5.10 Å². The minimum Gasteiger partial charge on any atom is -0.493 e. The summed E-state index contributed by atoms with van der Waals surface area (Å²) in [6.45, 7) is 3.13. The number of anilines is 1. The minimum atomic E-state index is 0.108. The second-order valence-electron chi connectivity index (χ2n) is 6.84. The lowest BCUT2D eigenvalue weighted by Crippen LogP contribution is -2.32. The van der Waals surface area contributed by atoms with E-state index >= 15 is 0 Å². The van der Waals surface area contributed by atoms with Crippen LogP contribution in [0.2, 0.25) is 0 Å². The Labute approximate surface area is 174 Å². The van der Waals surface area contributed by atoms with E-state index in [0.29, 0.717) is 40.2 Å². The van der Waals surface area contributed by atoms with Crippen LogP contribution in [0.15, 0.2) is 18.2 Å². The molecule has 0 N–H and O–H groups in total. The summed E-state index contributed by atoms with van der Waals surface area (Å²) in [6.07, 6.45) is 2.55. The van der Waals surface area contributed by atoms with Gasteiger partial charge in [-0.25, -0.2) is 4.68 Å². The average molecular weight is 423 g/mol. The van der Waals surface area contributed by atoms with Crippen molar-refractivity contribution in [2.45, 2.75) is 45.4 Å². The van der Waals surface area contributed by atoms with Gasteiger partial charge in [-0.2, -0.15) is 0 Å². The first-order valence-electron chi connectivity index (χ1n) is 9.26. The summed E-state index contributed by atoms with van der Waals surface area (Å²) in [6, 6.07) is 6.16. The summed E-state index contributed by atoms with van der Waals surface area (Å²) in [5.41, 5.74) is 1.10. The Balaban J connectivity index is 1.71. The van der Waals surface area contributed by atoms with Gasteiger partial charge in [0.1, 0.15) is 0 Å². The van der Waals surface area contributed by atoms with E-state index in [9.17, 15) is 4.79 Å². The van der Waals surface area contributed by atoms with Gasteiger partial charge in [-0.05, 0) is 49.8 Å². The van der Waals surface area contributed by atoms with Crippen molar-refractivity contribution >= 4 is 34.6 Å². The fourth-order valence-corrected chi connectivity index (χ4v) is 4.19. The maximum Gasteiger partial charge on any atom is 0.228 e. The van der Waals surface area contributed by atoms with Crippen molar-refractivity contribution in [2.24, 2.45) is 0 Å². The van der Waals surface area contributed by atoms with E-state index in [-0.39, 0.29) is 11.9 Å². The van der Waals surface area contributed by atoms with E-state index in [0.717, 1.165) is 18.4 Å². The number of amides is 1. The van der Waals surface area contributed by atoms with E-state index in [1.165, 1.54) is 11.3 Å². The van der Waals surface area contributed by atoms with E-state index in [2.05, 4.69) is 10.00 Å². The molecule has 0 atom stereocenters. The number of rotatable bonds is 9. The van der Waals surface area contributed by atoms with E-state index in [1.807, 2.05) is 37.1 Å². The maximum atomic E-state index is 12.3. The Morgan fingerprint density at radius 1 is 1.32 bits per heavy atom. The van der Waals surface area contributed by atoms with Crippen LogP contribution in [0.25, 0.3) is 0 Å². The quantitative estimate of drug-likeness (QED) is 0.575. The van der Waals surface area contributed by atoms with E-state index in [4.69, 9.17) is 21.7 Å². The number of hydrogen-bond acceptors (Lipinski definition) is 7. The van der Waals surface area contributed by atoms with Crippen molar-refractivity contribution in [3.8, 4) is 11.5 Å². The second kappa shape index (κ2) is 9.02. The highest BCUT2D eigenvalue weighted by Crippen LogP contribution is 2.34. The molecule has 1 aliphatic carbocycles. The summed E-state index contributed by atoms with van der Waals surface area (Å²) in [7, 11) is 5.26. The topological polar surface area (TPSA) is 59.8 Å². The Bertz CT molecular complexity index is 892. The number of carbonyl (C=O) groups is 1. The van der Waals surface area contributed by atoms with Gasteiger partial charge in [0, 0.05) is 19.0 Å². The molecule has 9 heteroatoms. The molecule has 1 heterocycles. The molecule has 152 valence electrons. The van der Waals surface area contributed by atoms with Crippen LogP contribution >= 0.6 is 23.6 Å². The number of aromatic nitrogens is 2. The van der Waals surface area contributed by atoms with Crippen LogP contribution in [0.4, 0.5) is 5.13 Å². The van der Waals surface area contributed by atoms with Gasteiger partial charge in [0.2, 0.25) is 11.0 Å².